The maximum atomic E-state index is 11.7. The van der Waals surface area contributed by atoms with Crippen LogP contribution in [-0.4, -0.2) is 52.8 Å². The predicted molar refractivity (Wildman–Crippen MR) is 123 cm³/mol. The molecule has 2 aromatic carbocycles. The fourth-order valence-corrected chi connectivity index (χ4v) is 4.46. The number of ether oxygens (including phenoxy) is 1. The van der Waals surface area contributed by atoms with Crippen LogP contribution in [0.4, 0.5) is 11.6 Å². The van der Waals surface area contributed by atoms with Crippen molar-refractivity contribution in [2.45, 2.75) is 37.5 Å². The molecule has 3 atom stereocenters. The van der Waals surface area contributed by atoms with Crippen molar-refractivity contribution >= 4 is 33.5 Å². The van der Waals surface area contributed by atoms with Gasteiger partial charge in [-0.05, 0) is 43.7 Å². The standard InChI is InChI=1S/C23H28N4O2S/c1-16-13-27(14-17(2)29-16)23-22(24-20-7-5-6-8-21(20)25-23)26(3)15-18-9-11-19(12-10-18)30(4)28/h5-12,16-17H,13-15H2,1-4H3. The van der Waals surface area contributed by atoms with E-state index < -0.39 is 10.8 Å². The Morgan fingerprint density at radius 2 is 1.63 bits per heavy atom. The highest BCUT2D eigenvalue weighted by Crippen LogP contribution is 2.30. The number of nitrogens with zero attached hydrogens (tertiary/aromatic N) is 4. The van der Waals surface area contributed by atoms with Crippen LogP contribution in [0.25, 0.3) is 11.0 Å². The van der Waals surface area contributed by atoms with E-state index in [-0.39, 0.29) is 12.2 Å². The normalized spacial score (nSPS) is 20.3. The van der Waals surface area contributed by atoms with Gasteiger partial charge in [0.05, 0.1) is 23.2 Å². The maximum absolute atomic E-state index is 11.7. The predicted octanol–water partition coefficient (Wildman–Crippen LogP) is 3.62. The lowest BCUT2D eigenvalue weighted by Gasteiger charge is -2.37. The molecule has 2 heterocycles. The number of anilines is 2. The molecule has 4 rings (SSSR count). The average Bonchev–Trinajstić information content (AvgIpc) is 2.72. The molecular weight excluding hydrogens is 396 g/mol. The number of benzene rings is 2. The molecule has 3 aromatic rings. The smallest absolute Gasteiger partial charge is 0.172 e. The van der Waals surface area contributed by atoms with Crippen LogP contribution in [0.2, 0.25) is 0 Å². The van der Waals surface area contributed by atoms with E-state index in [2.05, 4.69) is 23.6 Å². The Bertz CT molecular complexity index is 1050. The molecule has 158 valence electrons. The minimum absolute atomic E-state index is 0.141. The van der Waals surface area contributed by atoms with Crippen molar-refractivity contribution in [3.05, 3.63) is 54.1 Å². The van der Waals surface area contributed by atoms with Gasteiger partial charge in [-0.15, -0.1) is 0 Å². The highest BCUT2D eigenvalue weighted by Gasteiger charge is 2.27. The molecule has 6 nitrogen and oxygen atoms in total. The number of fused-ring (bicyclic) bond motifs is 1. The monoisotopic (exact) mass is 424 g/mol. The third-order valence-electron chi connectivity index (χ3n) is 5.29. The summed E-state index contributed by atoms with van der Waals surface area (Å²) in [4.78, 5) is 15.2. The van der Waals surface area contributed by atoms with Crippen molar-refractivity contribution in [2.24, 2.45) is 0 Å². The van der Waals surface area contributed by atoms with E-state index in [1.165, 1.54) is 0 Å². The summed E-state index contributed by atoms with van der Waals surface area (Å²) in [6.45, 7) is 6.45. The van der Waals surface area contributed by atoms with Crippen LogP contribution >= 0.6 is 0 Å². The summed E-state index contributed by atoms with van der Waals surface area (Å²) in [7, 11) is 1.07. The molecule has 0 aliphatic carbocycles. The van der Waals surface area contributed by atoms with E-state index in [1.54, 1.807) is 6.26 Å². The number of hydrogen-bond acceptors (Lipinski definition) is 6. The molecule has 1 aliphatic heterocycles. The number of hydrogen-bond donors (Lipinski definition) is 0. The summed E-state index contributed by atoms with van der Waals surface area (Å²) in [5, 5.41) is 0. The Morgan fingerprint density at radius 1 is 1.03 bits per heavy atom. The van der Waals surface area contributed by atoms with E-state index in [4.69, 9.17) is 14.7 Å². The summed E-state index contributed by atoms with van der Waals surface area (Å²) >= 11 is 0. The van der Waals surface area contributed by atoms with Gasteiger partial charge in [-0.3, -0.25) is 4.21 Å². The van der Waals surface area contributed by atoms with Gasteiger partial charge < -0.3 is 14.5 Å². The quantitative estimate of drug-likeness (QED) is 0.624. The number of para-hydroxylation sites is 2. The zero-order valence-corrected chi connectivity index (χ0v) is 18.7. The molecule has 0 N–H and O–H groups in total. The number of aromatic nitrogens is 2. The third-order valence-corrected chi connectivity index (χ3v) is 6.23. The van der Waals surface area contributed by atoms with Crippen molar-refractivity contribution in [1.82, 2.24) is 9.97 Å². The van der Waals surface area contributed by atoms with Gasteiger partial charge in [0.2, 0.25) is 0 Å². The molecule has 1 aliphatic rings. The first-order valence-corrected chi connectivity index (χ1v) is 11.8. The molecule has 0 radical (unpaired) electrons. The van der Waals surface area contributed by atoms with Gasteiger partial charge >= 0.3 is 0 Å². The SMILES string of the molecule is CC1CN(c2nc3ccccc3nc2N(C)Cc2ccc(S(C)=O)cc2)CC(C)O1. The Balaban J connectivity index is 1.69. The molecule has 3 unspecified atom stereocenters. The van der Waals surface area contributed by atoms with Crippen molar-refractivity contribution in [3.63, 3.8) is 0 Å². The van der Waals surface area contributed by atoms with Gasteiger partial charge in [0.25, 0.3) is 0 Å². The molecule has 1 saturated heterocycles. The molecule has 7 heteroatoms. The van der Waals surface area contributed by atoms with Gasteiger partial charge in [-0.2, -0.15) is 0 Å². The second-order valence-electron chi connectivity index (χ2n) is 7.98. The zero-order valence-electron chi connectivity index (χ0n) is 17.9. The second kappa shape index (κ2) is 8.70. The highest BCUT2D eigenvalue weighted by molar-refractivity contribution is 7.84. The Labute approximate surface area is 180 Å². The van der Waals surface area contributed by atoms with Gasteiger partial charge in [0.15, 0.2) is 11.6 Å². The first-order chi connectivity index (χ1) is 14.4. The van der Waals surface area contributed by atoms with Gasteiger partial charge in [0.1, 0.15) is 0 Å². The van der Waals surface area contributed by atoms with Crippen LogP contribution in [0.15, 0.2) is 53.4 Å². The fourth-order valence-electron chi connectivity index (χ4n) is 3.94. The summed E-state index contributed by atoms with van der Waals surface area (Å²) in [5.74, 6) is 1.75. The van der Waals surface area contributed by atoms with Crippen LogP contribution in [0, 0.1) is 0 Å². The Morgan fingerprint density at radius 3 is 2.23 bits per heavy atom. The molecular formula is C23H28N4O2S. The molecule has 0 spiro atoms. The molecule has 0 bridgehead atoms. The van der Waals surface area contributed by atoms with E-state index in [9.17, 15) is 4.21 Å². The van der Waals surface area contributed by atoms with Crippen LogP contribution in [0.3, 0.4) is 0 Å². The third kappa shape index (κ3) is 4.47. The summed E-state index contributed by atoms with van der Waals surface area (Å²) < 4.78 is 17.6. The van der Waals surface area contributed by atoms with Crippen LogP contribution in [0.5, 0.6) is 0 Å². The molecule has 1 fully saturated rings. The molecule has 0 saturated carbocycles. The van der Waals surface area contributed by atoms with Gasteiger partial charge in [-0.1, -0.05) is 24.3 Å². The van der Waals surface area contributed by atoms with E-state index in [0.717, 1.165) is 46.2 Å². The average molecular weight is 425 g/mol. The largest absolute Gasteiger partial charge is 0.372 e. The summed E-state index contributed by atoms with van der Waals surface area (Å²) in [6.07, 6.45) is 1.98. The van der Waals surface area contributed by atoms with Crippen molar-refractivity contribution < 1.29 is 8.95 Å². The first-order valence-electron chi connectivity index (χ1n) is 10.2. The summed E-state index contributed by atoms with van der Waals surface area (Å²) in [6, 6.07) is 15.9. The number of morpholine rings is 1. The van der Waals surface area contributed by atoms with E-state index in [0.29, 0.717) is 6.54 Å². The van der Waals surface area contributed by atoms with Crippen LogP contribution < -0.4 is 9.80 Å². The van der Waals surface area contributed by atoms with Crippen LogP contribution in [0.1, 0.15) is 19.4 Å². The highest BCUT2D eigenvalue weighted by atomic mass is 32.2. The number of rotatable bonds is 5. The van der Waals surface area contributed by atoms with Gasteiger partial charge in [0, 0.05) is 48.6 Å². The zero-order chi connectivity index (χ0) is 21.3. The Kier molecular flexibility index (Phi) is 6.01. The van der Waals surface area contributed by atoms with E-state index in [1.807, 2.05) is 55.6 Å². The van der Waals surface area contributed by atoms with Crippen molar-refractivity contribution in [3.8, 4) is 0 Å². The van der Waals surface area contributed by atoms with Crippen molar-refractivity contribution in [1.29, 1.82) is 0 Å². The minimum atomic E-state index is -0.970. The molecule has 30 heavy (non-hydrogen) atoms. The first kappa shape index (κ1) is 20.8. The van der Waals surface area contributed by atoms with Gasteiger partial charge in [-0.25, -0.2) is 9.97 Å². The Hall–Kier alpha value is -2.51. The molecule has 0 amide bonds. The van der Waals surface area contributed by atoms with Crippen LogP contribution in [-0.2, 0) is 22.1 Å². The lowest BCUT2D eigenvalue weighted by atomic mass is 10.2. The lowest BCUT2D eigenvalue weighted by Crippen LogP contribution is -2.46. The summed E-state index contributed by atoms with van der Waals surface area (Å²) in [5.41, 5.74) is 2.91. The van der Waals surface area contributed by atoms with E-state index >= 15 is 0 Å². The molecule has 1 aromatic heterocycles. The maximum Gasteiger partial charge on any atom is 0.172 e. The fraction of sp³-hybridized carbons (Fsp3) is 0.391. The second-order valence-corrected chi connectivity index (χ2v) is 9.36. The van der Waals surface area contributed by atoms with Crippen molar-refractivity contribution in [2.75, 3.05) is 36.2 Å². The minimum Gasteiger partial charge on any atom is -0.372 e. The lowest BCUT2D eigenvalue weighted by molar-refractivity contribution is -0.00542. The topological polar surface area (TPSA) is 58.6 Å².